The number of carbonyl (C=O) groups excluding carboxylic acids is 1. The lowest BCUT2D eigenvalue weighted by molar-refractivity contribution is -0.130. The van der Waals surface area contributed by atoms with Crippen LogP contribution in [0.5, 0.6) is 0 Å². The molecule has 6 nitrogen and oxygen atoms in total. The summed E-state index contributed by atoms with van der Waals surface area (Å²) in [6.45, 7) is 0.595. The molecule has 102 valence electrons. The zero-order chi connectivity index (χ0) is 13.7. The Morgan fingerprint density at radius 2 is 2.21 bits per heavy atom. The van der Waals surface area contributed by atoms with Crippen molar-refractivity contribution in [3.05, 3.63) is 35.9 Å². The normalized spacial score (nSPS) is 21.1. The van der Waals surface area contributed by atoms with Crippen molar-refractivity contribution in [1.82, 2.24) is 5.32 Å². The van der Waals surface area contributed by atoms with Gasteiger partial charge in [-0.2, -0.15) is 0 Å². The molecule has 2 atom stereocenters. The van der Waals surface area contributed by atoms with E-state index in [2.05, 4.69) is 10.5 Å². The largest absolute Gasteiger partial charge is 0.409 e. The van der Waals surface area contributed by atoms with Crippen molar-refractivity contribution in [3.63, 3.8) is 0 Å². The first-order chi connectivity index (χ1) is 9.22. The Morgan fingerprint density at radius 3 is 2.79 bits per heavy atom. The van der Waals surface area contributed by atoms with Gasteiger partial charge in [-0.15, -0.1) is 0 Å². The van der Waals surface area contributed by atoms with E-state index >= 15 is 0 Å². The zero-order valence-electron chi connectivity index (χ0n) is 10.5. The van der Waals surface area contributed by atoms with E-state index in [-0.39, 0.29) is 11.7 Å². The highest BCUT2D eigenvalue weighted by Gasteiger charge is 2.27. The van der Waals surface area contributed by atoms with Crippen LogP contribution in [0.3, 0.4) is 0 Å². The average Bonchev–Trinajstić information content (AvgIpc) is 2.99. The molecule has 4 N–H and O–H groups in total. The van der Waals surface area contributed by atoms with Crippen LogP contribution in [0.2, 0.25) is 0 Å². The fourth-order valence-corrected chi connectivity index (χ4v) is 2.05. The number of benzene rings is 1. The third kappa shape index (κ3) is 3.23. The van der Waals surface area contributed by atoms with Crippen LogP contribution in [0.15, 0.2) is 35.5 Å². The summed E-state index contributed by atoms with van der Waals surface area (Å²) in [5.41, 5.74) is 6.39. The lowest BCUT2D eigenvalue weighted by Gasteiger charge is -2.19. The summed E-state index contributed by atoms with van der Waals surface area (Å²) in [4.78, 5) is 12.0. The Bertz CT molecular complexity index is 455. The van der Waals surface area contributed by atoms with Gasteiger partial charge in [-0.1, -0.05) is 35.5 Å². The van der Waals surface area contributed by atoms with E-state index in [9.17, 15) is 4.79 Å². The molecule has 1 saturated heterocycles. The fraction of sp³-hybridized carbons (Fsp3) is 0.385. The Morgan fingerprint density at radius 1 is 1.47 bits per heavy atom. The Labute approximate surface area is 111 Å². The van der Waals surface area contributed by atoms with E-state index in [1.165, 1.54) is 0 Å². The van der Waals surface area contributed by atoms with Crippen molar-refractivity contribution in [3.8, 4) is 0 Å². The molecular formula is C13H17N3O3. The van der Waals surface area contributed by atoms with Gasteiger partial charge in [0.05, 0.1) is 0 Å². The standard InChI is InChI=1S/C13H17N3O3/c14-12(16-18)11(9-5-2-1-3-6-9)15-13(17)10-7-4-8-19-10/h1-3,5-6,10-11,18H,4,7-8H2,(H2,14,16)(H,15,17). The molecule has 1 aromatic rings. The van der Waals surface area contributed by atoms with Gasteiger partial charge in [-0.25, -0.2) is 0 Å². The van der Waals surface area contributed by atoms with Gasteiger partial charge in [0, 0.05) is 6.61 Å². The number of nitrogens with one attached hydrogen (secondary N) is 1. The van der Waals surface area contributed by atoms with Crippen molar-refractivity contribution in [2.45, 2.75) is 25.0 Å². The molecule has 1 heterocycles. The third-order valence-corrected chi connectivity index (χ3v) is 3.05. The maximum Gasteiger partial charge on any atom is 0.249 e. The van der Waals surface area contributed by atoms with Gasteiger partial charge in [0.25, 0.3) is 0 Å². The van der Waals surface area contributed by atoms with Gasteiger partial charge < -0.3 is 21.0 Å². The number of hydrogen-bond donors (Lipinski definition) is 3. The molecule has 0 aliphatic carbocycles. The molecular weight excluding hydrogens is 246 g/mol. The minimum atomic E-state index is -0.650. The number of oxime groups is 1. The molecule has 2 rings (SSSR count). The second-order valence-corrected chi connectivity index (χ2v) is 4.38. The van der Waals surface area contributed by atoms with Crippen LogP contribution in [0.25, 0.3) is 0 Å². The predicted molar refractivity (Wildman–Crippen MR) is 69.7 cm³/mol. The van der Waals surface area contributed by atoms with Crippen LogP contribution in [-0.2, 0) is 9.53 Å². The summed E-state index contributed by atoms with van der Waals surface area (Å²) < 4.78 is 5.31. The second-order valence-electron chi connectivity index (χ2n) is 4.38. The molecule has 6 heteroatoms. The quantitative estimate of drug-likeness (QED) is 0.323. The van der Waals surface area contributed by atoms with Crippen molar-refractivity contribution < 1.29 is 14.7 Å². The number of hydrogen-bond acceptors (Lipinski definition) is 4. The number of nitrogens with zero attached hydrogens (tertiary/aromatic N) is 1. The summed E-state index contributed by atoms with van der Waals surface area (Å²) in [5.74, 6) is -0.296. The summed E-state index contributed by atoms with van der Waals surface area (Å²) in [6.07, 6.45) is 1.12. The van der Waals surface area contributed by atoms with Crippen molar-refractivity contribution >= 4 is 11.7 Å². The molecule has 0 saturated carbocycles. The van der Waals surface area contributed by atoms with Crippen LogP contribution < -0.4 is 11.1 Å². The summed E-state index contributed by atoms with van der Waals surface area (Å²) >= 11 is 0. The number of ether oxygens (including phenoxy) is 1. The van der Waals surface area contributed by atoms with Crippen molar-refractivity contribution in [2.75, 3.05) is 6.61 Å². The summed E-state index contributed by atoms with van der Waals surface area (Å²) in [5, 5.41) is 14.6. The fourth-order valence-electron chi connectivity index (χ4n) is 2.05. The first-order valence-electron chi connectivity index (χ1n) is 6.16. The highest BCUT2D eigenvalue weighted by Crippen LogP contribution is 2.16. The maximum absolute atomic E-state index is 12.0. The molecule has 1 aromatic carbocycles. The molecule has 0 spiro atoms. The smallest absolute Gasteiger partial charge is 0.249 e. The van der Waals surface area contributed by atoms with Crippen molar-refractivity contribution in [1.29, 1.82) is 0 Å². The lowest BCUT2D eigenvalue weighted by Crippen LogP contribution is -2.42. The zero-order valence-corrected chi connectivity index (χ0v) is 10.5. The SMILES string of the molecule is N/C(=N\O)C(NC(=O)C1CCCO1)c1ccccc1. The van der Waals surface area contributed by atoms with E-state index in [1.807, 2.05) is 18.2 Å². The van der Waals surface area contributed by atoms with Gasteiger partial charge in [-0.3, -0.25) is 4.79 Å². The minimum absolute atomic E-state index is 0.0578. The van der Waals surface area contributed by atoms with Crippen molar-refractivity contribution in [2.24, 2.45) is 10.9 Å². The molecule has 1 aliphatic heterocycles. The molecule has 1 fully saturated rings. The van der Waals surface area contributed by atoms with Gasteiger partial charge in [-0.05, 0) is 18.4 Å². The Hall–Kier alpha value is -2.08. The summed E-state index contributed by atoms with van der Waals surface area (Å²) in [7, 11) is 0. The van der Waals surface area contributed by atoms with Gasteiger partial charge >= 0.3 is 0 Å². The Kier molecular flexibility index (Phi) is 4.35. The van der Waals surface area contributed by atoms with Gasteiger partial charge in [0.2, 0.25) is 5.91 Å². The first-order valence-corrected chi connectivity index (χ1v) is 6.16. The molecule has 2 unspecified atom stereocenters. The second kappa shape index (κ2) is 6.19. The lowest BCUT2D eigenvalue weighted by atomic mass is 10.1. The molecule has 0 radical (unpaired) electrons. The highest BCUT2D eigenvalue weighted by molar-refractivity contribution is 5.92. The summed E-state index contributed by atoms with van der Waals surface area (Å²) in [6, 6.07) is 8.46. The van der Waals surface area contributed by atoms with Crippen LogP contribution in [0, 0.1) is 0 Å². The Balaban J connectivity index is 2.12. The minimum Gasteiger partial charge on any atom is -0.409 e. The van der Waals surface area contributed by atoms with Crippen LogP contribution in [-0.4, -0.2) is 29.7 Å². The predicted octanol–water partition coefficient (Wildman–Crippen LogP) is 0.769. The van der Waals surface area contributed by atoms with E-state index in [1.54, 1.807) is 12.1 Å². The van der Waals surface area contributed by atoms with Gasteiger partial charge in [0.1, 0.15) is 12.1 Å². The van der Waals surface area contributed by atoms with E-state index in [0.717, 1.165) is 12.0 Å². The van der Waals surface area contributed by atoms with E-state index < -0.39 is 12.1 Å². The number of nitrogens with two attached hydrogens (primary N) is 1. The monoisotopic (exact) mass is 263 g/mol. The van der Waals surface area contributed by atoms with Crippen LogP contribution in [0.1, 0.15) is 24.4 Å². The first kappa shape index (κ1) is 13.4. The highest BCUT2D eigenvalue weighted by atomic mass is 16.5. The number of rotatable bonds is 4. The van der Waals surface area contributed by atoms with Gasteiger partial charge in [0.15, 0.2) is 5.84 Å². The average molecular weight is 263 g/mol. The topological polar surface area (TPSA) is 96.9 Å². The van der Waals surface area contributed by atoms with E-state index in [4.69, 9.17) is 15.7 Å². The van der Waals surface area contributed by atoms with Crippen LogP contribution >= 0.6 is 0 Å². The number of amidine groups is 1. The van der Waals surface area contributed by atoms with E-state index in [0.29, 0.717) is 13.0 Å². The molecule has 0 bridgehead atoms. The number of amides is 1. The molecule has 19 heavy (non-hydrogen) atoms. The van der Waals surface area contributed by atoms with Crippen LogP contribution in [0.4, 0.5) is 0 Å². The molecule has 0 aromatic heterocycles. The molecule has 1 aliphatic rings. The number of carbonyl (C=O) groups is 1. The molecule has 1 amide bonds. The maximum atomic E-state index is 12.0. The third-order valence-electron chi connectivity index (χ3n) is 3.05.